The van der Waals surface area contributed by atoms with Crippen molar-refractivity contribution >= 4 is 23.7 Å². The molecule has 1 aromatic carbocycles. The minimum Gasteiger partial charge on any atom is -0.507 e. The van der Waals surface area contributed by atoms with Gasteiger partial charge in [-0.25, -0.2) is 0 Å². The molecule has 0 unspecified atom stereocenters. The molecule has 2 aromatic rings. The maximum absolute atomic E-state index is 12.1. The molecule has 0 saturated carbocycles. The Morgan fingerprint density at radius 2 is 2.10 bits per heavy atom. The first-order valence-corrected chi connectivity index (χ1v) is 6.53. The summed E-state index contributed by atoms with van der Waals surface area (Å²) in [4.78, 5) is 26.9. The molecule has 5 nitrogen and oxygen atoms in total. The second-order valence-electron chi connectivity index (χ2n) is 5.08. The lowest BCUT2D eigenvalue weighted by atomic mass is 9.98. The first-order chi connectivity index (χ1) is 10.1. The molecule has 2 N–H and O–H groups in total. The molecule has 21 heavy (non-hydrogen) atoms. The van der Waals surface area contributed by atoms with Gasteiger partial charge in [0.05, 0.1) is 23.2 Å². The monoisotopic (exact) mass is 281 g/mol. The number of ether oxygens (including phenoxy) is 1. The molecule has 0 bridgehead atoms. The Labute approximate surface area is 118 Å². The topological polar surface area (TPSA) is 79.4 Å². The van der Waals surface area contributed by atoms with Gasteiger partial charge in [0, 0.05) is 22.6 Å². The van der Waals surface area contributed by atoms with Crippen LogP contribution in [-0.2, 0) is 4.79 Å². The molecule has 0 amide bonds. The molecule has 2 aliphatic carbocycles. The number of aromatic hydroxyl groups is 1. The summed E-state index contributed by atoms with van der Waals surface area (Å²) in [5.41, 5.74) is 1.04. The molecule has 0 saturated heterocycles. The number of fused-ring (bicyclic) bond motifs is 4. The van der Waals surface area contributed by atoms with E-state index in [1.807, 2.05) is 0 Å². The molecule has 104 valence electrons. The van der Waals surface area contributed by atoms with Crippen LogP contribution in [0.15, 0.2) is 12.1 Å². The van der Waals surface area contributed by atoms with Crippen molar-refractivity contribution in [2.24, 2.45) is 0 Å². The smallest absolute Gasteiger partial charge is 0.231 e. The zero-order chi connectivity index (χ0) is 14.7. The summed E-state index contributed by atoms with van der Waals surface area (Å²) >= 11 is 0. The Bertz CT molecular complexity index is 1040. The molecule has 4 rings (SSSR count). The van der Waals surface area contributed by atoms with E-state index in [1.165, 1.54) is 0 Å². The average molecular weight is 281 g/mol. The van der Waals surface area contributed by atoms with Gasteiger partial charge >= 0.3 is 0 Å². The Balaban J connectivity index is 2.26. The zero-order valence-electron chi connectivity index (χ0n) is 11.2. The van der Waals surface area contributed by atoms with E-state index < -0.39 is 11.6 Å². The van der Waals surface area contributed by atoms with E-state index in [1.54, 1.807) is 31.4 Å². The highest BCUT2D eigenvalue weighted by Crippen LogP contribution is 2.23. The molecule has 0 radical (unpaired) electrons. The van der Waals surface area contributed by atoms with E-state index in [0.29, 0.717) is 32.8 Å². The fourth-order valence-electron chi connectivity index (χ4n) is 3.01. The van der Waals surface area contributed by atoms with Crippen LogP contribution in [0.2, 0.25) is 0 Å². The second-order valence-corrected chi connectivity index (χ2v) is 5.08. The number of benzene rings is 1. The highest BCUT2D eigenvalue weighted by molar-refractivity contribution is 6.46. The fourth-order valence-corrected chi connectivity index (χ4v) is 3.01. The number of rotatable bonds is 1. The van der Waals surface area contributed by atoms with Gasteiger partial charge in [0.2, 0.25) is 11.6 Å². The number of phenols is 1. The quantitative estimate of drug-likeness (QED) is 0.620. The number of ketones is 2. The number of carbonyl (C=O) groups is 2. The molecule has 5 heteroatoms. The van der Waals surface area contributed by atoms with Crippen LogP contribution in [0.4, 0.5) is 0 Å². The third-order valence-corrected chi connectivity index (χ3v) is 3.98. The van der Waals surface area contributed by atoms with Crippen molar-refractivity contribution in [3.63, 3.8) is 0 Å². The van der Waals surface area contributed by atoms with Gasteiger partial charge in [-0.3, -0.25) is 9.59 Å². The summed E-state index contributed by atoms with van der Waals surface area (Å²) < 4.78 is 5.34. The third kappa shape index (κ3) is 1.40. The van der Waals surface area contributed by atoms with E-state index in [2.05, 4.69) is 4.98 Å². The highest BCUT2D eigenvalue weighted by Gasteiger charge is 2.27. The molecule has 0 spiro atoms. The lowest BCUT2D eigenvalue weighted by Gasteiger charge is -2.03. The normalized spacial score (nSPS) is 14.9. The molecule has 0 atom stereocenters. The van der Waals surface area contributed by atoms with Crippen molar-refractivity contribution in [2.75, 3.05) is 7.11 Å². The number of phenolic OH excluding ortho intramolecular Hbond substituents is 1. The van der Waals surface area contributed by atoms with Crippen molar-refractivity contribution in [3.8, 4) is 11.5 Å². The van der Waals surface area contributed by atoms with Gasteiger partial charge in [-0.1, -0.05) is 6.08 Å². The molecule has 0 fully saturated rings. The fraction of sp³-hybridized carbons (Fsp3) is 0.125. The second kappa shape index (κ2) is 3.85. The number of H-pyrrole nitrogens is 1. The molecule has 0 aliphatic heterocycles. The summed E-state index contributed by atoms with van der Waals surface area (Å²) in [6, 6.07) is 3.22. The van der Waals surface area contributed by atoms with Crippen molar-refractivity contribution < 1.29 is 19.4 Å². The Kier molecular flexibility index (Phi) is 2.19. The molecular formula is C16H11NO4. The summed E-state index contributed by atoms with van der Waals surface area (Å²) in [6.45, 7) is 0. The number of Topliss-reactive ketones (excluding diaryl/α,β-unsaturated/α-hetero) is 2. The molecule has 2 aliphatic rings. The largest absolute Gasteiger partial charge is 0.507 e. The first kappa shape index (κ1) is 12.0. The minimum atomic E-state index is -0.479. The van der Waals surface area contributed by atoms with E-state index in [-0.39, 0.29) is 12.2 Å². The Hall–Kier alpha value is -2.82. The summed E-state index contributed by atoms with van der Waals surface area (Å²) in [6.07, 6.45) is 3.57. The van der Waals surface area contributed by atoms with Crippen LogP contribution in [0, 0.1) is 10.6 Å². The van der Waals surface area contributed by atoms with Gasteiger partial charge in [0.15, 0.2) is 0 Å². The van der Waals surface area contributed by atoms with Gasteiger partial charge in [-0.2, -0.15) is 0 Å². The first-order valence-electron chi connectivity index (χ1n) is 6.53. The standard InChI is InChI=1S/C16H11NO4/c1-21-12-5-4-10(18)7-6-8-13-9(17-15(8)14(7)12)2-3-11(19)16(13)20/h2,4-6,17-18H,3H2,1H3. The number of carbonyl (C=O) groups excluding carboxylic acids is 2. The van der Waals surface area contributed by atoms with Crippen LogP contribution in [0.1, 0.15) is 22.3 Å². The number of nitrogens with one attached hydrogen (secondary N) is 1. The van der Waals surface area contributed by atoms with Crippen LogP contribution in [0.25, 0.3) is 12.2 Å². The van der Waals surface area contributed by atoms with Crippen molar-refractivity contribution in [1.29, 1.82) is 0 Å². The predicted octanol–water partition coefficient (Wildman–Crippen LogP) is 0.0941. The van der Waals surface area contributed by atoms with E-state index in [0.717, 1.165) is 5.22 Å². The summed E-state index contributed by atoms with van der Waals surface area (Å²) in [5.74, 6) is -0.171. The van der Waals surface area contributed by atoms with E-state index >= 15 is 0 Å². The number of aromatic nitrogens is 1. The SMILES string of the molecule is COc1ccc(O)c2c1=c1[nH]c3c(c1C=2)C(=O)C(=O)CC=3. The number of hydrogen-bond acceptors (Lipinski definition) is 4. The summed E-state index contributed by atoms with van der Waals surface area (Å²) in [7, 11) is 1.55. The minimum absolute atomic E-state index is 0.114. The molecule has 1 aromatic heterocycles. The van der Waals surface area contributed by atoms with Crippen molar-refractivity contribution in [1.82, 2.24) is 4.98 Å². The van der Waals surface area contributed by atoms with Crippen LogP contribution in [-0.4, -0.2) is 28.8 Å². The average Bonchev–Trinajstić information content (AvgIpc) is 3.00. The number of aromatic amines is 1. The Morgan fingerprint density at radius 1 is 1.29 bits per heavy atom. The van der Waals surface area contributed by atoms with Crippen molar-refractivity contribution in [3.05, 3.63) is 44.4 Å². The highest BCUT2D eigenvalue weighted by atomic mass is 16.5. The van der Waals surface area contributed by atoms with Gasteiger partial charge < -0.3 is 14.8 Å². The van der Waals surface area contributed by atoms with Crippen LogP contribution in [0.5, 0.6) is 11.5 Å². The van der Waals surface area contributed by atoms with Gasteiger partial charge in [0.25, 0.3) is 0 Å². The van der Waals surface area contributed by atoms with Crippen molar-refractivity contribution in [2.45, 2.75) is 6.42 Å². The van der Waals surface area contributed by atoms with Crippen LogP contribution >= 0.6 is 0 Å². The third-order valence-electron chi connectivity index (χ3n) is 3.98. The van der Waals surface area contributed by atoms with Crippen LogP contribution < -0.4 is 15.3 Å². The van der Waals surface area contributed by atoms with E-state index in [4.69, 9.17) is 4.74 Å². The van der Waals surface area contributed by atoms with Gasteiger partial charge in [-0.15, -0.1) is 0 Å². The van der Waals surface area contributed by atoms with E-state index in [9.17, 15) is 14.7 Å². The van der Waals surface area contributed by atoms with Gasteiger partial charge in [-0.05, 0) is 18.2 Å². The number of methoxy groups -OCH3 is 1. The molecule has 1 heterocycles. The zero-order valence-corrected chi connectivity index (χ0v) is 11.2. The predicted molar refractivity (Wildman–Crippen MR) is 74.4 cm³/mol. The lowest BCUT2D eigenvalue weighted by molar-refractivity contribution is -0.114. The Morgan fingerprint density at radius 3 is 2.86 bits per heavy atom. The lowest BCUT2D eigenvalue weighted by Crippen LogP contribution is -2.27. The maximum Gasteiger partial charge on any atom is 0.231 e. The summed E-state index contributed by atoms with van der Waals surface area (Å²) in [5, 5.41) is 12.7. The van der Waals surface area contributed by atoms with Gasteiger partial charge in [0.1, 0.15) is 11.5 Å². The number of hydrogen-bond donors (Lipinski definition) is 2. The maximum atomic E-state index is 12.1. The van der Waals surface area contributed by atoms with Crippen LogP contribution in [0.3, 0.4) is 0 Å². The molecular weight excluding hydrogens is 270 g/mol.